The van der Waals surface area contributed by atoms with E-state index < -0.39 is 0 Å². The first-order chi connectivity index (χ1) is 15.2. The molecule has 1 aliphatic carbocycles. The molecule has 1 saturated carbocycles. The number of amides is 2. The molecule has 1 N–H and O–H groups in total. The molecule has 6 nitrogen and oxygen atoms in total. The molecule has 6 heteroatoms. The third-order valence-corrected chi connectivity index (χ3v) is 6.46. The molecule has 2 aromatic rings. The van der Waals surface area contributed by atoms with E-state index >= 15 is 0 Å². The van der Waals surface area contributed by atoms with Crippen molar-refractivity contribution < 1.29 is 9.59 Å². The van der Waals surface area contributed by atoms with Crippen LogP contribution in [0.1, 0.15) is 54.6 Å². The Kier molecular flexibility index (Phi) is 7.18. The highest BCUT2D eigenvalue weighted by molar-refractivity contribution is 5.93. The number of pyridine rings is 1. The third-order valence-electron chi connectivity index (χ3n) is 6.46. The number of nitrogens with zero attached hydrogens (tertiary/aromatic N) is 3. The van der Waals surface area contributed by atoms with Crippen LogP contribution in [0.3, 0.4) is 0 Å². The minimum atomic E-state index is -0.174. The fourth-order valence-corrected chi connectivity index (χ4v) is 4.59. The monoisotopic (exact) mass is 420 g/mol. The van der Waals surface area contributed by atoms with Crippen LogP contribution in [-0.2, 0) is 11.3 Å². The number of piperazine rings is 1. The van der Waals surface area contributed by atoms with Gasteiger partial charge in [-0.1, -0.05) is 49.6 Å². The molecular weight excluding hydrogens is 388 g/mol. The topological polar surface area (TPSA) is 65.5 Å². The number of rotatable bonds is 6. The third kappa shape index (κ3) is 5.84. The summed E-state index contributed by atoms with van der Waals surface area (Å²) in [5.41, 5.74) is 2.46. The van der Waals surface area contributed by atoms with Gasteiger partial charge in [-0.3, -0.25) is 14.6 Å². The van der Waals surface area contributed by atoms with E-state index in [2.05, 4.69) is 15.2 Å². The van der Waals surface area contributed by atoms with Gasteiger partial charge in [0.1, 0.15) is 5.69 Å². The molecule has 0 spiro atoms. The normalized spacial score (nSPS) is 17.4. The van der Waals surface area contributed by atoms with Gasteiger partial charge in [0.25, 0.3) is 5.91 Å². The Labute approximate surface area is 184 Å². The summed E-state index contributed by atoms with van der Waals surface area (Å²) in [6, 6.07) is 13.6. The summed E-state index contributed by atoms with van der Waals surface area (Å²) in [5.74, 6) is 0.714. The second-order valence-corrected chi connectivity index (χ2v) is 8.64. The molecule has 164 valence electrons. The van der Waals surface area contributed by atoms with Gasteiger partial charge in [0.15, 0.2) is 0 Å². The molecule has 1 saturated heterocycles. The van der Waals surface area contributed by atoms with E-state index in [0.717, 1.165) is 37.4 Å². The van der Waals surface area contributed by atoms with Crippen molar-refractivity contribution >= 4 is 17.5 Å². The van der Waals surface area contributed by atoms with Crippen molar-refractivity contribution in [2.24, 2.45) is 5.92 Å². The first kappa shape index (κ1) is 21.3. The molecule has 1 aromatic carbocycles. The van der Waals surface area contributed by atoms with Gasteiger partial charge in [-0.2, -0.15) is 0 Å². The quantitative estimate of drug-likeness (QED) is 0.775. The van der Waals surface area contributed by atoms with Crippen molar-refractivity contribution in [1.82, 2.24) is 15.2 Å². The molecule has 2 fully saturated rings. The van der Waals surface area contributed by atoms with Gasteiger partial charge in [-0.25, -0.2) is 0 Å². The Bertz CT molecular complexity index is 872. The Morgan fingerprint density at radius 1 is 0.968 bits per heavy atom. The lowest BCUT2D eigenvalue weighted by Crippen LogP contribution is -2.49. The van der Waals surface area contributed by atoms with Crippen molar-refractivity contribution in [3.8, 4) is 0 Å². The summed E-state index contributed by atoms with van der Waals surface area (Å²) in [6.07, 6.45) is 8.68. The average molecular weight is 421 g/mol. The highest BCUT2D eigenvalue weighted by Crippen LogP contribution is 2.27. The van der Waals surface area contributed by atoms with Crippen LogP contribution in [0.15, 0.2) is 48.7 Å². The molecule has 1 aromatic heterocycles. The standard InChI is InChI=1S/C25H32N4O2/c30-24(17-20-7-3-1-4-8-20)29-15-13-28(14-16-29)22-11-12-26-23(18-22)25(31)27-19-21-9-5-2-6-10-21/h2,5-6,9-12,18,20H,1,3-4,7-8,13-17,19H2,(H,27,31). The molecule has 0 unspecified atom stereocenters. The number of aromatic nitrogens is 1. The highest BCUT2D eigenvalue weighted by Gasteiger charge is 2.25. The lowest BCUT2D eigenvalue weighted by atomic mass is 9.86. The lowest BCUT2D eigenvalue weighted by Gasteiger charge is -2.37. The molecule has 2 aliphatic rings. The van der Waals surface area contributed by atoms with Crippen molar-refractivity contribution in [3.05, 3.63) is 59.9 Å². The average Bonchev–Trinajstić information content (AvgIpc) is 2.84. The summed E-state index contributed by atoms with van der Waals surface area (Å²) in [4.78, 5) is 33.7. The number of benzene rings is 1. The molecule has 0 bridgehead atoms. The van der Waals surface area contributed by atoms with Crippen LogP contribution >= 0.6 is 0 Å². The van der Waals surface area contributed by atoms with Crippen molar-refractivity contribution in [2.75, 3.05) is 31.1 Å². The van der Waals surface area contributed by atoms with Crippen LogP contribution in [0.4, 0.5) is 5.69 Å². The van der Waals surface area contributed by atoms with Crippen LogP contribution in [0.2, 0.25) is 0 Å². The Morgan fingerprint density at radius 2 is 1.71 bits per heavy atom. The van der Waals surface area contributed by atoms with Gasteiger partial charge in [-0.15, -0.1) is 0 Å². The van der Waals surface area contributed by atoms with E-state index in [-0.39, 0.29) is 5.91 Å². The molecule has 1 aliphatic heterocycles. The summed E-state index contributed by atoms with van der Waals surface area (Å²) in [7, 11) is 0. The fraction of sp³-hybridized carbons (Fsp3) is 0.480. The summed E-state index contributed by atoms with van der Waals surface area (Å²) in [5, 5.41) is 2.93. The Balaban J connectivity index is 1.28. The van der Waals surface area contributed by atoms with Crippen LogP contribution < -0.4 is 10.2 Å². The molecular formula is C25H32N4O2. The number of carbonyl (C=O) groups is 2. The number of hydrogen-bond acceptors (Lipinski definition) is 4. The lowest BCUT2D eigenvalue weighted by molar-refractivity contribution is -0.132. The Hall–Kier alpha value is -2.89. The maximum Gasteiger partial charge on any atom is 0.270 e. The maximum absolute atomic E-state index is 12.7. The molecule has 4 rings (SSSR count). The van der Waals surface area contributed by atoms with Gasteiger partial charge >= 0.3 is 0 Å². The van der Waals surface area contributed by atoms with Crippen LogP contribution in [0, 0.1) is 5.92 Å². The van der Waals surface area contributed by atoms with E-state index in [1.807, 2.05) is 47.4 Å². The largest absolute Gasteiger partial charge is 0.368 e. The van der Waals surface area contributed by atoms with Crippen LogP contribution in [0.25, 0.3) is 0 Å². The number of nitrogens with one attached hydrogen (secondary N) is 1. The van der Waals surface area contributed by atoms with Crippen LogP contribution in [-0.4, -0.2) is 47.9 Å². The molecule has 2 heterocycles. The van der Waals surface area contributed by atoms with E-state index in [0.29, 0.717) is 30.5 Å². The number of hydrogen-bond donors (Lipinski definition) is 1. The smallest absolute Gasteiger partial charge is 0.270 e. The van der Waals surface area contributed by atoms with E-state index in [1.54, 1.807) is 6.20 Å². The second-order valence-electron chi connectivity index (χ2n) is 8.64. The summed E-state index contributed by atoms with van der Waals surface area (Å²) < 4.78 is 0. The van der Waals surface area contributed by atoms with E-state index in [9.17, 15) is 9.59 Å². The predicted octanol–water partition coefficient (Wildman–Crippen LogP) is 3.63. The minimum Gasteiger partial charge on any atom is -0.368 e. The zero-order valence-corrected chi connectivity index (χ0v) is 18.1. The van der Waals surface area contributed by atoms with Gasteiger partial charge < -0.3 is 15.1 Å². The zero-order chi connectivity index (χ0) is 21.5. The molecule has 0 radical (unpaired) electrons. The van der Waals surface area contributed by atoms with Gasteiger partial charge in [0, 0.05) is 51.0 Å². The first-order valence-corrected chi connectivity index (χ1v) is 11.5. The molecule has 31 heavy (non-hydrogen) atoms. The van der Waals surface area contributed by atoms with Gasteiger partial charge in [0.05, 0.1) is 0 Å². The Morgan fingerprint density at radius 3 is 2.45 bits per heavy atom. The number of anilines is 1. The number of carbonyl (C=O) groups excluding carboxylic acids is 2. The van der Waals surface area contributed by atoms with Gasteiger partial charge in [0.2, 0.25) is 5.91 Å². The SMILES string of the molecule is O=C(NCc1ccccc1)c1cc(N2CCN(C(=O)CC3CCCCC3)CC2)ccn1. The first-order valence-electron chi connectivity index (χ1n) is 11.5. The van der Waals surface area contributed by atoms with E-state index in [4.69, 9.17) is 0 Å². The van der Waals surface area contributed by atoms with Gasteiger partial charge in [-0.05, 0) is 36.5 Å². The molecule has 2 amide bonds. The van der Waals surface area contributed by atoms with Crippen LogP contribution in [0.5, 0.6) is 0 Å². The van der Waals surface area contributed by atoms with Crippen molar-refractivity contribution in [2.45, 2.75) is 45.1 Å². The summed E-state index contributed by atoms with van der Waals surface area (Å²) >= 11 is 0. The second kappa shape index (κ2) is 10.4. The van der Waals surface area contributed by atoms with Crippen molar-refractivity contribution in [1.29, 1.82) is 0 Å². The minimum absolute atomic E-state index is 0.174. The van der Waals surface area contributed by atoms with Crippen molar-refractivity contribution in [3.63, 3.8) is 0 Å². The fourth-order valence-electron chi connectivity index (χ4n) is 4.59. The maximum atomic E-state index is 12.7. The zero-order valence-electron chi connectivity index (χ0n) is 18.1. The highest BCUT2D eigenvalue weighted by atomic mass is 16.2. The van der Waals surface area contributed by atoms with E-state index in [1.165, 1.54) is 32.1 Å². The molecule has 0 atom stereocenters. The predicted molar refractivity (Wildman–Crippen MR) is 122 cm³/mol. The summed E-state index contributed by atoms with van der Waals surface area (Å²) in [6.45, 7) is 3.52.